The van der Waals surface area contributed by atoms with E-state index in [4.69, 9.17) is 9.84 Å². The molecule has 106 valence electrons. The van der Waals surface area contributed by atoms with E-state index in [-0.39, 0.29) is 0 Å². The van der Waals surface area contributed by atoms with Crippen LogP contribution in [0.2, 0.25) is 0 Å². The summed E-state index contributed by atoms with van der Waals surface area (Å²) in [6.45, 7) is 1.96. The molecule has 0 unspecified atom stereocenters. The van der Waals surface area contributed by atoms with Crippen molar-refractivity contribution in [3.05, 3.63) is 33.1 Å². The molecule has 2 heterocycles. The molecule has 8 heteroatoms. The van der Waals surface area contributed by atoms with Crippen LogP contribution >= 0.6 is 0 Å². The largest absolute Gasteiger partial charge is 0.390 e. The lowest BCUT2D eigenvalue weighted by molar-refractivity contribution is -0.207. The minimum Gasteiger partial charge on any atom is -0.390 e. The van der Waals surface area contributed by atoms with Gasteiger partial charge in [-0.2, -0.15) is 0 Å². The molecule has 7 nitrogen and oxygen atoms in total. The van der Waals surface area contributed by atoms with Crippen LogP contribution in [0, 0.1) is 5.41 Å². The number of nitrogens with zero attached hydrogens (tertiary/aromatic N) is 1. The summed E-state index contributed by atoms with van der Waals surface area (Å²) in [5.74, 6) is -2.65. The number of rotatable bonds is 2. The molecule has 3 atom stereocenters. The zero-order valence-corrected chi connectivity index (χ0v) is 10.5. The molecule has 1 saturated heterocycles. The summed E-state index contributed by atoms with van der Waals surface area (Å²) in [7, 11) is 0. The van der Waals surface area contributed by atoms with Crippen molar-refractivity contribution < 1.29 is 19.3 Å². The molecule has 0 aromatic carbocycles. The van der Waals surface area contributed by atoms with Crippen molar-refractivity contribution in [2.24, 2.45) is 5.41 Å². The molecule has 0 spiro atoms. The zero-order valence-electron chi connectivity index (χ0n) is 10.5. The SMILES string of the molecule is CC1(C)[C@H](n2ccc(=O)[nH]c2=O)O[C@](F)(CO)[C@H]1O. The van der Waals surface area contributed by atoms with Crippen LogP contribution in [-0.4, -0.2) is 38.3 Å². The Bertz CT molecular complexity index is 595. The van der Waals surface area contributed by atoms with Gasteiger partial charge in [0, 0.05) is 17.7 Å². The molecule has 1 fully saturated rings. The Hall–Kier alpha value is -1.51. The Morgan fingerprint density at radius 2 is 2.16 bits per heavy atom. The average Bonchev–Trinajstić information content (AvgIpc) is 2.51. The number of aliphatic hydroxyl groups excluding tert-OH is 2. The lowest BCUT2D eigenvalue weighted by Crippen LogP contribution is -2.43. The first-order valence-electron chi connectivity index (χ1n) is 5.69. The van der Waals surface area contributed by atoms with Gasteiger partial charge in [0.15, 0.2) is 0 Å². The van der Waals surface area contributed by atoms with E-state index in [0.29, 0.717) is 0 Å². The molecule has 1 aromatic heterocycles. The quantitative estimate of drug-likeness (QED) is 0.649. The molecule has 0 aliphatic carbocycles. The van der Waals surface area contributed by atoms with Gasteiger partial charge >= 0.3 is 5.69 Å². The number of aliphatic hydroxyl groups is 2. The zero-order chi connectivity index (χ0) is 14.4. The second-order valence-corrected chi connectivity index (χ2v) is 5.16. The number of alkyl halides is 1. The van der Waals surface area contributed by atoms with Crippen LogP contribution in [0.4, 0.5) is 4.39 Å². The summed E-state index contributed by atoms with van der Waals surface area (Å²) >= 11 is 0. The fraction of sp³-hybridized carbons (Fsp3) is 0.636. The minimum atomic E-state index is -2.65. The molecule has 2 rings (SSSR count). The van der Waals surface area contributed by atoms with Gasteiger partial charge < -0.3 is 14.9 Å². The Morgan fingerprint density at radius 3 is 2.63 bits per heavy atom. The van der Waals surface area contributed by atoms with Crippen LogP contribution < -0.4 is 11.2 Å². The maximum Gasteiger partial charge on any atom is 0.330 e. The van der Waals surface area contributed by atoms with Crippen LogP contribution in [0.25, 0.3) is 0 Å². The number of aromatic nitrogens is 2. The Kier molecular flexibility index (Phi) is 3.12. The van der Waals surface area contributed by atoms with Gasteiger partial charge in [-0.1, -0.05) is 13.8 Å². The standard InChI is InChI=1S/C11H15FN2O5/c1-10(2)7(17)11(12,5-15)19-8(10)14-4-3-6(16)13-9(14)18/h3-4,7-8,15,17H,5H2,1-2H3,(H,13,16,18)/t7-,8+,11+/m0/s1. The van der Waals surface area contributed by atoms with E-state index >= 15 is 0 Å². The highest BCUT2D eigenvalue weighted by molar-refractivity contribution is 5.01. The third-order valence-electron chi connectivity index (χ3n) is 3.38. The number of ether oxygens (including phenoxy) is 1. The van der Waals surface area contributed by atoms with Crippen molar-refractivity contribution in [1.29, 1.82) is 0 Å². The number of aromatic amines is 1. The highest BCUT2D eigenvalue weighted by Crippen LogP contribution is 2.49. The molecule has 1 aliphatic heterocycles. The Balaban J connectivity index is 2.51. The fourth-order valence-corrected chi connectivity index (χ4v) is 2.24. The Labute approximate surface area is 107 Å². The number of H-pyrrole nitrogens is 1. The van der Waals surface area contributed by atoms with Gasteiger partial charge in [-0.3, -0.25) is 14.3 Å². The van der Waals surface area contributed by atoms with Crippen molar-refractivity contribution >= 4 is 0 Å². The van der Waals surface area contributed by atoms with E-state index in [0.717, 1.165) is 16.8 Å². The molecule has 0 bridgehead atoms. The summed E-state index contributed by atoms with van der Waals surface area (Å²) in [6.07, 6.45) is -1.61. The number of halogens is 1. The monoisotopic (exact) mass is 274 g/mol. The predicted octanol–water partition coefficient (Wildman–Crippen LogP) is -0.889. The second kappa shape index (κ2) is 4.26. The lowest BCUT2D eigenvalue weighted by atomic mass is 9.84. The van der Waals surface area contributed by atoms with Gasteiger partial charge in [0.1, 0.15) is 18.9 Å². The topological polar surface area (TPSA) is 105 Å². The molecule has 1 aromatic rings. The number of nitrogens with one attached hydrogen (secondary N) is 1. The van der Waals surface area contributed by atoms with Crippen LogP contribution in [0.15, 0.2) is 21.9 Å². The van der Waals surface area contributed by atoms with Gasteiger partial charge in [-0.25, -0.2) is 9.18 Å². The van der Waals surface area contributed by atoms with Crippen molar-refractivity contribution in [2.45, 2.75) is 32.0 Å². The second-order valence-electron chi connectivity index (χ2n) is 5.16. The van der Waals surface area contributed by atoms with Gasteiger partial charge in [0.05, 0.1) is 0 Å². The number of hydrogen-bond acceptors (Lipinski definition) is 5. The molecule has 0 amide bonds. The summed E-state index contributed by atoms with van der Waals surface area (Å²) in [5.41, 5.74) is -2.54. The maximum atomic E-state index is 14.2. The van der Waals surface area contributed by atoms with Crippen molar-refractivity contribution in [2.75, 3.05) is 6.61 Å². The summed E-state index contributed by atoms with van der Waals surface area (Å²) in [5, 5.41) is 18.9. The van der Waals surface area contributed by atoms with Gasteiger partial charge in [-0.15, -0.1) is 0 Å². The minimum absolute atomic E-state index is 0.591. The summed E-state index contributed by atoms with van der Waals surface area (Å²) < 4.78 is 20.1. The lowest BCUT2D eigenvalue weighted by Gasteiger charge is -2.28. The molecule has 19 heavy (non-hydrogen) atoms. The third kappa shape index (κ3) is 2.01. The Morgan fingerprint density at radius 1 is 1.53 bits per heavy atom. The molecule has 3 N–H and O–H groups in total. The van der Waals surface area contributed by atoms with Gasteiger partial charge in [0.25, 0.3) is 11.4 Å². The number of hydrogen-bond donors (Lipinski definition) is 3. The van der Waals surface area contributed by atoms with E-state index < -0.39 is 41.5 Å². The average molecular weight is 274 g/mol. The predicted molar refractivity (Wildman–Crippen MR) is 62.2 cm³/mol. The molecule has 0 saturated carbocycles. The molecular formula is C11H15FN2O5. The van der Waals surface area contributed by atoms with Crippen molar-refractivity contribution in [3.8, 4) is 0 Å². The van der Waals surface area contributed by atoms with Crippen LogP contribution in [-0.2, 0) is 4.74 Å². The van der Waals surface area contributed by atoms with Crippen molar-refractivity contribution in [1.82, 2.24) is 9.55 Å². The first-order valence-corrected chi connectivity index (χ1v) is 5.69. The van der Waals surface area contributed by atoms with E-state index in [9.17, 15) is 19.1 Å². The summed E-state index contributed by atoms with van der Waals surface area (Å²) in [6, 6.07) is 1.09. The normalized spacial score (nSPS) is 33.5. The van der Waals surface area contributed by atoms with E-state index in [2.05, 4.69) is 0 Å². The molecular weight excluding hydrogens is 259 g/mol. The highest BCUT2D eigenvalue weighted by atomic mass is 19.2. The first-order chi connectivity index (χ1) is 8.72. The van der Waals surface area contributed by atoms with Crippen molar-refractivity contribution in [3.63, 3.8) is 0 Å². The van der Waals surface area contributed by atoms with E-state index in [1.807, 2.05) is 4.98 Å². The van der Waals surface area contributed by atoms with E-state index in [1.165, 1.54) is 13.8 Å². The van der Waals surface area contributed by atoms with Crippen LogP contribution in [0.3, 0.4) is 0 Å². The van der Waals surface area contributed by atoms with Gasteiger partial charge in [-0.05, 0) is 0 Å². The summed E-state index contributed by atoms with van der Waals surface area (Å²) in [4.78, 5) is 24.7. The highest BCUT2D eigenvalue weighted by Gasteiger charge is 2.60. The molecule has 1 aliphatic rings. The first kappa shape index (κ1) is 13.9. The van der Waals surface area contributed by atoms with E-state index in [1.54, 1.807) is 0 Å². The van der Waals surface area contributed by atoms with Crippen LogP contribution in [0.1, 0.15) is 20.1 Å². The van der Waals surface area contributed by atoms with Gasteiger partial charge in [0.2, 0.25) is 0 Å². The molecule has 0 radical (unpaired) electrons. The fourth-order valence-electron chi connectivity index (χ4n) is 2.24. The van der Waals surface area contributed by atoms with Crippen LogP contribution in [0.5, 0.6) is 0 Å². The third-order valence-corrected chi connectivity index (χ3v) is 3.38. The maximum absolute atomic E-state index is 14.2. The smallest absolute Gasteiger partial charge is 0.330 e.